The Balaban J connectivity index is 2.12. The first-order chi connectivity index (χ1) is 13.7. The van der Waals surface area contributed by atoms with E-state index in [1.165, 1.54) is 0 Å². The summed E-state index contributed by atoms with van der Waals surface area (Å²) in [5.41, 5.74) is 1.72. The molecule has 0 radical (unpaired) electrons. The van der Waals surface area contributed by atoms with Crippen molar-refractivity contribution in [3.05, 3.63) is 65.2 Å². The normalized spacial score (nSPS) is 10.8. The van der Waals surface area contributed by atoms with E-state index in [-0.39, 0.29) is 5.57 Å². The van der Waals surface area contributed by atoms with Crippen molar-refractivity contribution < 1.29 is 14.3 Å². The molecule has 1 N–H and O–H groups in total. The molecule has 0 aromatic heterocycles. The summed E-state index contributed by atoms with van der Waals surface area (Å²) in [5.74, 6) is 0.862. The lowest BCUT2D eigenvalue weighted by Gasteiger charge is -2.12. The molecule has 0 atom stereocenters. The van der Waals surface area contributed by atoms with E-state index in [9.17, 15) is 10.1 Å². The van der Waals surface area contributed by atoms with Gasteiger partial charge in [0.25, 0.3) is 5.91 Å². The highest BCUT2D eigenvalue weighted by Crippen LogP contribution is 2.29. The van der Waals surface area contributed by atoms with E-state index in [0.29, 0.717) is 36.8 Å². The topological polar surface area (TPSA) is 71.3 Å². The Kier molecular flexibility index (Phi) is 8.61. The summed E-state index contributed by atoms with van der Waals surface area (Å²) in [7, 11) is 0. The summed E-state index contributed by atoms with van der Waals surface area (Å²) in [6.45, 7) is 5.49. The first-order valence-corrected chi connectivity index (χ1v) is 9.51. The molecule has 5 nitrogen and oxygen atoms in total. The fourth-order valence-corrected chi connectivity index (χ4v) is 2.52. The fourth-order valence-electron chi connectivity index (χ4n) is 2.52. The SMILES string of the molecule is CCCCOc1ccc(C=C(C#N)C(=O)NCc2ccccc2)cc1OCC. The first-order valence-electron chi connectivity index (χ1n) is 9.51. The molecule has 0 saturated heterocycles. The van der Waals surface area contributed by atoms with Crippen LogP contribution in [0.1, 0.15) is 37.8 Å². The van der Waals surface area contributed by atoms with Gasteiger partial charge >= 0.3 is 0 Å². The Bertz CT molecular complexity index is 839. The number of benzene rings is 2. The van der Waals surface area contributed by atoms with Gasteiger partial charge in [0.2, 0.25) is 0 Å². The Hall–Kier alpha value is -3.26. The molecule has 0 saturated carbocycles. The molecule has 0 aliphatic heterocycles. The van der Waals surface area contributed by atoms with Crippen LogP contribution in [0.15, 0.2) is 54.1 Å². The third kappa shape index (κ3) is 6.48. The lowest BCUT2D eigenvalue weighted by atomic mass is 10.1. The zero-order valence-corrected chi connectivity index (χ0v) is 16.4. The van der Waals surface area contributed by atoms with Crippen LogP contribution in [0.3, 0.4) is 0 Å². The highest BCUT2D eigenvalue weighted by atomic mass is 16.5. The maximum atomic E-state index is 12.3. The van der Waals surface area contributed by atoms with Crippen molar-refractivity contribution in [3.63, 3.8) is 0 Å². The van der Waals surface area contributed by atoms with E-state index in [1.807, 2.05) is 55.5 Å². The van der Waals surface area contributed by atoms with Crippen molar-refractivity contribution in [2.24, 2.45) is 0 Å². The zero-order valence-electron chi connectivity index (χ0n) is 16.4. The fraction of sp³-hybridized carbons (Fsp3) is 0.304. The molecular weight excluding hydrogens is 352 g/mol. The van der Waals surface area contributed by atoms with E-state index in [1.54, 1.807) is 12.1 Å². The van der Waals surface area contributed by atoms with Gasteiger partial charge in [0, 0.05) is 6.54 Å². The van der Waals surface area contributed by atoms with Crippen molar-refractivity contribution in [3.8, 4) is 17.6 Å². The summed E-state index contributed by atoms with van der Waals surface area (Å²) in [4.78, 5) is 12.3. The van der Waals surface area contributed by atoms with Crippen molar-refractivity contribution in [2.75, 3.05) is 13.2 Å². The molecule has 0 unspecified atom stereocenters. The van der Waals surface area contributed by atoms with Gasteiger partial charge in [-0.05, 0) is 42.7 Å². The number of hydrogen-bond acceptors (Lipinski definition) is 4. The predicted molar refractivity (Wildman–Crippen MR) is 110 cm³/mol. The molecule has 0 heterocycles. The summed E-state index contributed by atoms with van der Waals surface area (Å²) >= 11 is 0. The van der Waals surface area contributed by atoms with Gasteiger partial charge in [-0.1, -0.05) is 49.7 Å². The highest BCUT2D eigenvalue weighted by Gasteiger charge is 2.11. The number of nitriles is 1. The second kappa shape index (κ2) is 11.5. The lowest BCUT2D eigenvalue weighted by Crippen LogP contribution is -2.23. The van der Waals surface area contributed by atoms with Gasteiger partial charge in [0.1, 0.15) is 11.6 Å². The smallest absolute Gasteiger partial charge is 0.262 e. The molecular formula is C23H26N2O3. The van der Waals surface area contributed by atoms with Crippen LogP contribution in [0.4, 0.5) is 0 Å². The number of unbranched alkanes of at least 4 members (excludes halogenated alkanes) is 1. The largest absolute Gasteiger partial charge is 0.490 e. The molecule has 0 spiro atoms. The Morgan fingerprint density at radius 2 is 1.89 bits per heavy atom. The Labute approximate surface area is 166 Å². The molecule has 1 amide bonds. The zero-order chi connectivity index (χ0) is 20.2. The van der Waals surface area contributed by atoms with Gasteiger partial charge in [0.15, 0.2) is 11.5 Å². The minimum Gasteiger partial charge on any atom is -0.490 e. The van der Waals surface area contributed by atoms with Gasteiger partial charge in [-0.15, -0.1) is 0 Å². The van der Waals surface area contributed by atoms with E-state index in [4.69, 9.17) is 9.47 Å². The Morgan fingerprint density at radius 1 is 1.11 bits per heavy atom. The summed E-state index contributed by atoms with van der Waals surface area (Å²) in [6.07, 6.45) is 3.57. The maximum absolute atomic E-state index is 12.3. The molecule has 28 heavy (non-hydrogen) atoms. The average Bonchev–Trinajstić information content (AvgIpc) is 2.72. The molecule has 0 aliphatic rings. The standard InChI is InChI=1S/C23H26N2O3/c1-3-5-13-28-21-12-11-19(15-22(21)27-4-2)14-20(16-24)23(26)25-17-18-9-7-6-8-10-18/h6-12,14-15H,3-5,13,17H2,1-2H3,(H,25,26). The van der Waals surface area contributed by atoms with Crippen molar-refractivity contribution in [1.29, 1.82) is 5.26 Å². The molecule has 2 aromatic carbocycles. The Morgan fingerprint density at radius 3 is 2.57 bits per heavy atom. The van der Waals surface area contributed by atoms with Crippen LogP contribution >= 0.6 is 0 Å². The molecule has 146 valence electrons. The van der Waals surface area contributed by atoms with Crippen LogP contribution in [0.5, 0.6) is 11.5 Å². The number of carbonyl (C=O) groups excluding carboxylic acids is 1. The van der Waals surface area contributed by atoms with Crippen LogP contribution in [0, 0.1) is 11.3 Å². The number of nitrogens with zero attached hydrogens (tertiary/aromatic N) is 1. The monoisotopic (exact) mass is 378 g/mol. The number of amides is 1. The van der Waals surface area contributed by atoms with Crippen LogP contribution in [0.2, 0.25) is 0 Å². The highest BCUT2D eigenvalue weighted by molar-refractivity contribution is 6.01. The second-order valence-electron chi connectivity index (χ2n) is 6.18. The van der Waals surface area contributed by atoms with Gasteiger partial charge < -0.3 is 14.8 Å². The number of rotatable bonds is 10. The van der Waals surface area contributed by atoms with Crippen molar-refractivity contribution in [1.82, 2.24) is 5.32 Å². The number of hydrogen-bond donors (Lipinski definition) is 1. The van der Waals surface area contributed by atoms with Crippen molar-refractivity contribution >= 4 is 12.0 Å². The predicted octanol–water partition coefficient (Wildman–Crippen LogP) is 4.49. The van der Waals surface area contributed by atoms with Crippen LogP contribution in [0.25, 0.3) is 6.08 Å². The minimum absolute atomic E-state index is 0.0398. The third-order valence-corrected chi connectivity index (χ3v) is 4.00. The average molecular weight is 378 g/mol. The number of ether oxygens (including phenoxy) is 2. The van der Waals surface area contributed by atoms with Gasteiger partial charge in [-0.2, -0.15) is 5.26 Å². The van der Waals surface area contributed by atoms with E-state index >= 15 is 0 Å². The molecule has 2 aromatic rings. The first kappa shape index (κ1) is 21.0. The van der Waals surface area contributed by atoms with Crippen LogP contribution < -0.4 is 14.8 Å². The molecule has 5 heteroatoms. The number of nitrogens with one attached hydrogen (secondary N) is 1. The lowest BCUT2D eigenvalue weighted by molar-refractivity contribution is -0.117. The molecule has 2 rings (SSSR count). The molecule has 0 aliphatic carbocycles. The van der Waals surface area contributed by atoms with E-state index in [0.717, 1.165) is 18.4 Å². The summed E-state index contributed by atoms with van der Waals surface area (Å²) < 4.78 is 11.4. The number of carbonyl (C=O) groups is 1. The van der Waals surface area contributed by atoms with E-state index in [2.05, 4.69) is 12.2 Å². The minimum atomic E-state index is -0.410. The third-order valence-electron chi connectivity index (χ3n) is 4.00. The molecule has 0 fully saturated rings. The van der Waals surface area contributed by atoms with Crippen LogP contribution in [-0.4, -0.2) is 19.1 Å². The second-order valence-corrected chi connectivity index (χ2v) is 6.18. The van der Waals surface area contributed by atoms with Gasteiger partial charge in [-0.25, -0.2) is 0 Å². The van der Waals surface area contributed by atoms with Crippen LogP contribution in [-0.2, 0) is 11.3 Å². The molecule has 0 bridgehead atoms. The van der Waals surface area contributed by atoms with Crippen molar-refractivity contribution in [2.45, 2.75) is 33.2 Å². The van der Waals surface area contributed by atoms with Gasteiger partial charge in [0.05, 0.1) is 13.2 Å². The van der Waals surface area contributed by atoms with Gasteiger partial charge in [-0.3, -0.25) is 4.79 Å². The summed E-state index contributed by atoms with van der Waals surface area (Å²) in [5, 5.41) is 12.2. The van der Waals surface area contributed by atoms with E-state index < -0.39 is 5.91 Å². The summed E-state index contributed by atoms with van der Waals surface area (Å²) in [6, 6.07) is 16.9. The maximum Gasteiger partial charge on any atom is 0.262 e. The quantitative estimate of drug-likeness (QED) is 0.376.